The van der Waals surface area contributed by atoms with Crippen molar-refractivity contribution in [2.45, 2.75) is 32.7 Å². The van der Waals surface area contributed by atoms with E-state index in [1.807, 2.05) is 13.8 Å². The normalized spacial score (nSPS) is 14.2. The molecule has 0 saturated carbocycles. The van der Waals surface area contributed by atoms with Crippen molar-refractivity contribution in [1.29, 1.82) is 0 Å². The third-order valence-corrected chi connectivity index (χ3v) is 1.54. The summed E-state index contributed by atoms with van der Waals surface area (Å²) >= 11 is 0. The second kappa shape index (κ2) is 6.31. The third kappa shape index (κ3) is 6.49. The summed E-state index contributed by atoms with van der Waals surface area (Å²) in [5.41, 5.74) is 0. The van der Waals surface area contributed by atoms with E-state index in [2.05, 4.69) is 5.32 Å². The van der Waals surface area contributed by atoms with Crippen LogP contribution in [0.3, 0.4) is 0 Å². The van der Waals surface area contributed by atoms with Gasteiger partial charge < -0.3 is 10.4 Å². The number of aliphatic hydroxyl groups excluding tert-OH is 1. The van der Waals surface area contributed by atoms with Crippen LogP contribution in [0.25, 0.3) is 0 Å². The first kappa shape index (κ1) is 11.8. The monoisotopic (exact) mass is 181 g/mol. The van der Waals surface area contributed by atoms with E-state index in [-0.39, 0.29) is 19.2 Å². The maximum atomic E-state index is 11.7. The summed E-state index contributed by atoms with van der Waals surface area (Å²) in [6.07, 6.45) is -1.62. The molecule has 0 aliphatic carbocycles. The highest BCUT2D eigenvalue weighted by atomic mass is 19.3. The molecule has 0 aromatic heterocycles. The minimum atomic E-state index is -2.34. The van der Waals surface area contributed by atoms with Crippen LogP contribution in [0.5, 0.6) is 0 Å². The average molecular weight is 181 g/mol. The predicted octanol–water partition coefficient (Wildman–Crippen LogP) is 1.25. The maximum absolute atomic E-state index is 11.7. The van der Waals surface area contributed by atoms with Gasteiger partial charge in [-0.15, -0.1) is 0 Å². The van der Waals surface area contributed by atoms with Gasteiger partial charge in [0, 0.05) is 6.04 Å². The molecule has 0 aromatic rings. The fourth-order valence-electron chi connectivity index (χ4n) is 1.05. The lowest BCUT2D eigenvalue weighted by atomic mass is 10.0. The fraction of sp³-hybridized carbons (Fsp3) is 1.00. The zero-order chi connectivity index (χ0) is 9.56. The van der Waals surface area contributed by atoms with Gasteiger partial charge in [0.2, 0.25) is 0 Å². The van der Waals surface area contributed by atoms with E-state index < -0.39 is 6.43 Å². The third-order valence-electron chi connectivity index (χ3n) is 1.54. The Balaban J connectivity index is 3.53. The molecule has 0 radical (unpaired) electrons. The summed E-state index contributed by atoms with van der Waals surface area (Å²) < 4.78 is 23.4. The molecule has 0 aromatic carbocycles. The van der Waals surface area contributed by atoms with E-state index in [9.17, 15) is 8.78 Å². The maximum Gasteiger partial charge on any atom is 0.250 e. The van der Waals surface area contributed by atoms with Crippen LogP contribution in [0.1, 0.15) is 20.3 Å². The molecule has 4 heteroatoms. The summed E-state index contributed by atoms with van der Waals surface area (Å²) in [6.45, 7) is 3.57. The van der Waals surface area contributed by atoms with Crippen molar-refractivity contribution in [2.75, 3.05) is 13.2 Å². The standard InChI is InChI=1S/C8H17F2NO/c1-6(2)3-7(5-12)11-4-8(9)10/h6-8,11-12H,3-5H2,1-2H3. The zero-order valence-electron chi connectivity index (χ0n) is 7.56. The number of rotatable bonds is 6. The lowest BCUT2D eigenvalue weighted by Crippen LogP contribution is -2.36. The molecule has 0 saturated heterocycles. The van der Waals surface area contributed by atoms with Crippen LogP contribution >= 0.6 is 0 Å². The molecule has 12 heavy (non-hydrogen) atoms. The Morgan fingerprint density at radius 3 is 2.25 bits per heavy atom. The first-order chi connectivity index (χ1) is 5.56. The van der Waals surface area contributed by atoms with Gasteiger partial charge >= 0.3 is 0 Å². The minimum absolute atomic E-state index is 0.0785. The number of halogens is 2. The Bertz CT molecular complexity index is 109. The Labute approximate surface area is 72.0 Å². The summed E-state index contributed by atoms with van der Waals surface area (Å²) in [7, 11) is 0. The second-order valence-corrected chi connectivity index (χ2v) is 3.31. The molecule has 0 fully saturated rings. The van der Waals surface area contributed by atoms with Crippen LogP contribution in [0.2, 0.25) is 0 Å². The lowest BCUT2D eigenvalue weighted by molar-refractivity contribution is 0.130. The number of aliphatic hydroxyl groups is 1. The van der Waals surface area contributed by atoms with E-state index >= 15 is 0 Å². The van der Waals surface area contributed by atoms with Crippen molar-refractivity contribution in [3.63, 3.8) is 0 Å². The summed E-state index contributed by atoms with van der Waals surface area (Å²) in [5, 5.41) is 11.4. The molecular formula is C8H17F2NO. The van der Waals surface area contributed by atoms with Crippen LogP contribution in [0.15, 0.2) is 0 Å². The molecule has 0 aliphatic rings. The number of hydrogen-bond donors (Lipinski definition) is 2. The van der Waals surface area contributed by atoms with E-state index in [0.717, 1.165) is 6.42 Å². The largest absolute Gasteiger partial charge is 0.395 e. The van der Waals surface area contributed by atoms with Crippen LogP contribution in [0.4, 0.5) is 8.78 Å². The molecule has 0 spiro atoms. The summed E-state index contributed by atoms with van der Waals surface area (Å²) in [4.78, 5) is 0. The molecule has 74 valence electrons. The molecule has 2 nitrogen and oxygen atoms in total. The summed E-state index contributed by atoms with van der Waals surface area (Å²) in [6, 6.07) is -0.195. The first-order valence-electron chi connectivity index (χ1n) is 4.18. The topological polar surface area (TPSA) is 32.3 Å². The van der Waals surface area contributed by atoms with Gasteiger partial charge in [-0.25, -0.2) is 8.78 Å². The molecule has 0 rings (SSSR count). The fourth-order valence-corrected chi connectivity index (χ4v) is 1.05. The highest BCUT2D eigenvalue weighted by Gasteiger charge is 2.11. The molecule has 2 N–H and O–H groups in total. The number of nitrogens with one attached hydrogen (secondary N) is 1. The van der Waals surface area contributed by atoms with Gasteiger partial charge in [-0.05, 0) is 12.3 Å². The number of hydrogen-bond acceptors (Lipinski definition) is 2. The quantitative estimate of drug-likeness (QED) is 0.646. The van der Waals surface area contributed by atoms with Crippen molar-refractivity contribution in [3.8, 4) is 0 Å². The highest BCUT2D eigenvalue weighted by molar-refractivity contribution is 4.67. The van der Waals surface area contributed by atoms with Gasteiger partial charge in [0.05, 0.1) is 13.2 Å². The predicted molar refractivity (Wildman–Crippen MR) is 44.3 cm³/mol. The van der Waals surface area contributed by atoms with Gasteiger partial charge in [0.25, 0.3) is 6.43 Å². The Hall–Kier alpha value is -0.220. The molecule has 1 atom stereocenters. The van der Waals surface area contributed by atoms with Gasteiger partial charge in [-0.2, -0.15) is 0 Å². The first-order valence-corrected chi connectivity index (χ1v) is 4.18. The van der Waals surface area contributed by atoms with Crippen LogP contribution in [-0.2, 0) is 0 Å². The Kier molecular flexibility index (Phi) is 6.20. The molecular weight excluding hydrogens is 164 g/mol. The van der Waals surface area contributed by atoms with E-state index in [1.165, 1.54) is 0 Å². The van der Waals surface area contributed by atoms with Gasteiger partial charge in [0.1, 0.15) is 0 Å². The Morgan fingerprint density at radius 1 is 1.33 bits per heavy atom. The van der Waals surface area contributed by atoms with Gasteiger partial charge in [0.15, 0.2) is 0 Å². The van der Waals surface area contributed by atoms with Gasteiger partial charge in [-0.3, -0.25) is 0 Å². The van der Waals surface area contributed by atoms with Crippen molar-refractivity contribution < 1.29 is 13.9 Å². The van der Waals surface area contributed by atoms with E-state index in [4.69, 9.17) is 5.11 Å². The SMILES string of the molecule is CC(C)CC(CO)NCC(F)F. The average Bonchev–Trinajstić information content (AvgIpc) is 1.97. The van der Waals surface area contributed by atoms with E-state index in [1.54, 1.807) is 0 Å². The molecule has 0 bridgehead atoms. The molecule has 1 unspecified atom stereocenters. The summed E-state index contributed by atoms with van der Waals surface area (Å²) in [5.74, 6) is 0.410. The van der Waals surface area contributed by atoms with E-state index in [0.29, 0.717) is 5.92 Å². The highest BCUT2D eigenvalue weighted by Crippen LogP contribution is 2.04. The zero-order valence-corrected chi connectivity index (χ0v) is 7.56. The van der Waals surface area contributed by atoms with Crippen molar-refractivity contribution in [3.05, 3.63) is 0 Å². The molecule has 0 heterocycles. The minimum Gasteiger partial charge on any atom is -0.395 e. The number of alkyl halides is 2. The Morgan fingerprint density at radius 2 is 1.92 bits per heavy atom. The molecule has 0 amide bonds. The molecule has 0 aliphatic heterocycles. The van der Waals surface area contributed by atoms with Gasteiger partial charge in [-0.1, -0.05) is 13.8 Å². The van der Waals surface area contributed by atoms with Crippen LogP contribution < -0.4 is 5.32 Å². The van der Waals surface area contributed by atoms with Crippen molar-refractivity contribution >= 4 is 0 Å². The van der Waals surface area contributed by atoms with Crippen LogP contribution in [0, 0.1) is 5.92 Å². The van der Waals surface area contributed by atoms with Crippen LogP contribution in [-0.4, -0.2) is 30.7 Å². The van der Waals surface area contributed by atoms with Crippen molar-refractivity contribution in [2.24, 2.45) is 5.92 Å². The lowest BCUT2D eigenvalue weighted by Gasteiger charge is -2.17. The van der Waals surface area contributed by atoms with Crippen molar-refractivity contribution in [1.82, 2.24) is 5.32 Å². The smallest absolute Gasteiger partial charge is 0.250 e. The second-order valence-electron chi connectivity index (χ2n) is 3.31.